The Labute approximate surface area is 144 Å². The Morgan fingerprint density at radius 2 is 2.14 bits per heavy atom. The molecule has 2 N–H and O–H groups in total. The van der Waals surface area contributed by atoms with Crippen LogP contribution in [-0.4, -0.2) is 48.1 Å². The van der Waals surface area contributed by atoms with Gasteiger partial charge in [0.1, 0.15) is 0 Å². The van der Waals surface area contributed by atoms with Crippen molar-refractivity contribution < 1.29 is 4.74 Å². The first-order chi connectivity index (χ1) is 9.46. The van der Waals surface area contributed by atoms with Crippen LogP contribution in [0.15, 0.2) is 17.4 Å². The van der Waals surface area contributed by atoms with Gasteiger partial charge < -0.3 is 15.4 Å². The molecule has 1 aromatic heterocycles. The summed E-state index contributed by atoms with van der Waals surface area (Å²) in [5.74, 6) is 0.807. The third-order valence-electron chi connectivity index (χ3n) is 2.91. The zero-order chi connectivity index (χ0) is 15.0. The highest BCUT2D eigenvalue weighted by Crippen LogP contribution is 2.06. The van der Waals surface area contributed by atoms with Gasteiger partial charge in [0.15, 0.2) is 5.96 Å². The Morgan fingerprint density at radius 3 is 2.67 bits per heavy atom. The molecule has 0 aliphatic rings. The number of methoxy groups -OCH3 is 1. The Bertz CT molecular complexity index is 431. The van der Waals surface area contributed by atoms with Crippen molar-refractivity contribution in [1.82, 2.24) is 20.4 Å². The number of rotatable bonds is 7. The number of hydrogen-bond donors (Lipinski definition) is 2. The molecule has 122 valence electrons. The monoisotopic (exact) mass is 409 g/mol. The molecule has 0 amide bonds. The Morgan fingerprint density at radius 1 is 1.43 bits per heavy atom. The second-order valence-corrected chi connectivity index (χ2v) is 5.37. The summed E-state index contributed by atoms with van der Waals surface area (Å²) in [6.07, 6.45) is 3.89. The van der Waals surface area contributed by atoms with Crippen LogP contribution in [0.25, 0.3) is 0 Å². The number of hydrogen-bond acceptors (Lipinski definition) is 3. The zero-order valence-electron chi connectivity index (χ0n) is 13.6. The van der Waals surface area contributed by atoms with E-state index < -0.39 is 0 Å². The molecule has 1 rings (SSSR count). The largest absolute Gasteiger partial charge is 0.377 e. The first kappa shape index (κ1) is 20.2. The third-order valence-corrected chi connectivity index (χ3v) is 2.91. The number of aryl methyl sites for hydroxylation is 1. The summed E-state index contributed by atoms with van der Waals surface area (Å²) >= 11 is 0. The van der Waals surface area contributed by atoms with Gasteiger partial charge in [-0.3, -0.25) is 9.67 Å². The quantitative estimate of drug-likeness (QED) is 0.410. The van der Waals surface area contributed by atoms with Crippen molar-refractivity contribution in [3.63, 3.8) is 0 Å². The summed E-state index contributed by atoms with van der Waals surface area (Å²) in [7, 11) is 1.70. The van der Waals surface area contributed by atoms with Gasteiger partial charge in [0.25, 0.3) is 0 Å². The van der Waals surface area contributed by atoms with Crippen molar-refractivity contribution in [2.45, 2.75) is 39.8 Å². The number of aliphatic imine (C=N–C) groups is 1. The first-order valence-electron chi connectivity index (χ1n) is 7.03. The molecule has 7 heteroatoms. The molecule has 0 fully saturated rings. The van der Waals surface area contributed by atoms with Crippen LogP contribution >= 0.6 is 24.0 Å². The lowest BCUT2D eigenvalue weighted by molar-refractivity contribution is 0.0310. The average molecular weight is 409 g/mol. The predicted molar refractivity (Wildman–Crippen MR) is 97.4 cm³/mol. The van der Waals surface area contributed by atoms with Gasteiger partial charge in [0.2, 0.25) is 0 Å². The lowest BCUT2D eigenvalue weighted by Gasteiger charge is -2.21. The minimum Gasteiger partial charge on any atom is -0.377 e. The van der Waals surface area contributed by atoms with Crippen LogP contribution in [0.2, 0.25) is 0 Å². The number of nitrogens with zero attached hydrogens (tertiary/aromatic N) is 3. The molecular formula is C14H28IN5O. The van der Waals surface area contributed by atoms with Crippen LogP contribution in [0.5, 0.6) is 0 Å². The molecule has 0 bridgehead atoms. The summed E-state index contributed by atoms with van der Waals surface area (Å²) in [6, 6.07) is 0. The second-order valence-electron chi connectivity index (χ2n) is 5.37. The summed E-state index contributed by atoms with van der Waals surface area (Å²) in [4.78, 5) is 4.53. The van der Waals surface area contributed by atoms with E-state index in [1.807, 2.05) is 37.8 Å². The molecule has 0 spiro atoms. The smallest absolute Gasteiger partial charge is 0.191 e. The molecule has 0 radical (unpaired) electrons. The van der Waals surface area contributed by atoms with Crippen LogP contribution in [0.4, 0.5) is 0 Å². The van der Waals surface area contributed by atoms with Crippen molar-refractivity contribution >= 4 is 29.9 Å². The van der Waals surface area contributed by atoms with Crippen molar-refractivity contribution in [3.8, 4) is 0 Å². The number of guanidine groups is 1. The van der Waals surface area contributed by atoms with Crippen LogP contribution in [0.1, 0.15) is 26.3 Å². The number of nitrogens with one attached hydrogen (secondary N) is 2. The molecule has 6 nitrogen and oxygen atoms in total. The van der Waals surface area contributed by atoms with Crippen LogP contribution in [-0.2, 0) is 11.3 Å². The van der Waals surface area contributed by atoms with E-state index in [-0.39, 0.29) is 29.6 Å². The summed E-state index contributed by atoms with van der Waals surface area (Å²) < 4.78 is 7.29. The van der Waals surface area contributed by atoms with Crippen molar-refractivity contribution in [1.29, 1.82) is 0 Å². The van der Waals surface area contributed by atoms with Crippen molar-refractivity contribution in [2.24, 2.45) is 4.99 Å². The fourth-order valence-corrected chi connectivity index (χ4v) is 1.55. The van der Waals surface area contributed by atoms with Gasteiger partial charge in [-0.1, -0.05) is 0 Å². The highest BCUT2D eigenvalue weighted by Gasteiger charge is 2.15. The van der Waals surface area contributed by atoms with E-state index in [1.165, 1.54) is 5.56 Å². The molecule has 0 saturated carbocycles. The highest BCUT2D eigenvalue weighted by molar-refractivity contribution is 14.0. The van der Waals surface area contributed by atoms with Gasteiger partial charge in [0, 0.05) is 26.4 Å². The third kappa shape index (κ3) is 8.25. The molecule has 0 atom stereocenters. The Kier molecular flexibility index (Phi) is 9.60. The summed E-state index contributed by atoms with van der Waals surface area (Å²) in [5.41, 5.74) is 0.925. The van der Waals surface area contributed by atoms with Gasteiger partial charge in [-0.15, -0.1) is 24.0 Å². The molecule has 0 unspecified atom stereocenters. The SMILES string of the molecule is CCNC(=NCC(C)(C)OC)NCCn1cc(C)cn1.I. The maximum Gasteiger partial charge on any atom is 0.191 e. The maximum atomic E-state index is 5.37. The lowest BCUT2D eigenvalue weighted by Crippen LogP contribution is -2.40. The van der Waals surface area contributed by atoms with E-state index in [9.17, 15) is 0 Å². The number of halogens is 1. The highest BCUT2D eigenvalue weighted by atomic mass is 127. The standard InChI is InChI=1S/C14H27N5O.HI/c1-6-15-13(17-11-14(3,4)20-5)16-7-8-19-10-12(2)9-18-19;/h9-10H,6-8,11H2,1-5H3,(H2,15,16,17);1H. The predicted octanol–water partition coefficient (Wildman–Crippen LogP) is 1.79. The molecule has 0 aromatic carbocycles. The lowest BCUT2D eigenvalue weighted by atomic mass is 10.1. The molecule has 21 heavy (non-hydrogen) atoms. The van der Waals surface area contributed by atoms with E-state index >= 15 is 0 Å². The van der Waals surface area contributed by atoms with E-state index in [1.54, 1.807) is 7.11 Å². The van der Waals surface area contributed by atoms with Crippen LogP contribution in [0.3, 0.4) is 0 Å². The van der Waals surface area contributed by atoms with Crippen molar-refractivity contribution in [3.05, 3.63) is 18.0 Å². The zero-order valence-corrected chi connectivity index (χ0v) is 16.0. The maximum absolute atomic E-state index is 5.37. The molecule has 1 aromatic rings. The van der Waals surface area contributed by atoms with Gasteiger partial charge in [-0.05, 0) is 33.3 Å². The molecule has 0 aliphatic carbocycles. The van der Waals surface area contributed by atoms with Gasteiger partial charge in [-0.25, -0.2) is 0 Å². The molecule has 1 heterocycles. The van der Waals surface area contributed by atoms with Gasteiger partial charge >= 0.3 is 0 Å². The molecule has 0 aliphatic heterocycles. The van der Waals surface area contributed by atoms with E-state index in [0.717, 1.165) is 25.6 Å². The summed E-state index contributed by atoms with van der Waals surface area (Å²) in [5, 5.41) is 10.8. The molecular weight excluding hydrogens is 381 g/mol. The summed E-state index contributed by atoms with van der Waals surface area (Å²) in [6.45, 7) is 11.2. The first-order valence-corrected chi connectivity index (χ1v) is 7.03. The Hall–Kier alpha value is -0.830. The van der Waals surface area contributed by atoms with E-state index in [2.05, 4.69) is 27.6 Å². The van der Waals surface area contributed by atoms with Crippen LogP contribution in [0, 0.1) is 6.92 Å². The topological polar surface area (TPSA) is 63.5 Å². The average Bonchev–Trinajstić information content (AvgIpc) is 2.82. The number of aromatic nitrogens is 2. The number of ether oxygens (including phenoxy) is 1. The van der Waals surface area contributed by atoms with Gasteiger partial charge in [0.05, 0.1) is 24.9 Å². The van der Waals surface area contributed by atoms with E-state index in [0.29, 0.717) is 6.54 Å². The van der Waals surface area contributed by atoms with Gasteiger partial charge in [-0.2, -0.15) is 5.10 Å². The molecule has 0 saturated heterocycles. The fourth-order valence-electron chi connectivity index (χ4n) is 1.55. The minimum absolute atomic E-state index is 0. The van der Waals surface area contributed by atoms with Crippen LogP contribution < -0.4 is 10.6 Å². The Balaban J connectivity index is 0.00000400. The van der Waals surface area contributed by atoms with Crippen molar-refractivity contribution in [2.75, 3.05) is 26.7 Å². The normalized spacial score (nSPS) is 12.0. The van der Waals surface area contributed by atoms with E-state index in [4.69, 9.17) is 4.74 Å². The second kappa shape index (κ2) is 9.99. The minimum atomic E-state index is -0.249. The fraction of sp³-hybridized carbons (Fsp3) is 0.714.